The smallest absolute Gasteiger partial charge is 0.376 e. The first kappa shape index (κ1) is 7.66. The van der Waals surface area contributed by atoms with Gasteiger partial charge >= 0.3 is 5.97 Å². The molecule has 2 aromatic heterocycles. The van der Waals surface area contributed by atoms with Gasteiger partial charge in [-0.15, -0.1) is 10.2 Å². The lowest BCUT2D eigenvalue weighted by atomic mass is 10.6. The molecule has 6 heteroatoms. The molecule has 0 aliphatic heterocycles. The van der Waals surface area contributed by atoms with E-state index in [1.54, 1.807) is 12.4 Å². The summed E-state index contributed by atoms with van der Waals surface area (Å²) in [5, 5.41) is 7.40. The molecule has 2 aromatic rings. The lowest BCUT2D eigenvalue weighted by molar-refractivity contribution is 0.0585. The molecule has 0 spiro atoms. The van der Waals surface area contributed by atoms with Crippen molar-refractivity contribution in [3.05, 3.63) is 24.4 Å². The van der Waals surface area contributed by atoms with E-state index in [9.17, 15) is 4.79 Å². The maximum atomic E-state index is 11.1. The van der Waals surface area contributed by atoms with Crippen molar-refractivity contribution < 1.29 is 9.53 Å². The van der Waals surface area contributed by atoms with E-state index in [0.29, 0.717) is 5.65 Å². The minimum absolute atomic E-state index is 0.153. The van der Waals surface area contributed by atoms with Crippen LogP contribution >= 0.6 is 0 Å². The summed E-state index contributed by atoms with van der Waals surface area (Å²) in [7, 11) is 1.30. The molecular formula is C7H6N4O2. The van der Waals surface area contributed by atoms with Crippen LogP contribution in [0.25, 0.3) is 5.65 Å². The van der Waals surface area contributed by atoms with Gasteiger partial charge in [-0.05, 0) is 0 Å². The number of aromatic nitrogens is 4. The van der Waals surface area contributed by atoms with Gasteiger partial charge < -0.3 is 4.74 Å². The number of fused-ring (bicyclic) bond motifs is 1. The van der Waals surface area contributed by atoms with E-state index in [4.69, 9.17) is 0 Å². The van der Waals surface area contributed by atoms with Crippen LogP contribution in [0.4, 0.5) is 0 Å². The Morgan fingerprint density at radius 3 is 3.15 bits per heavy atom. The quantitative estimate of drug-likeness (QED) is 0.571. The number of nitrogens with zero attached hydrogens (tertiary/aromatic N) is 4. The molecule has 0 aromatic carbocycles. The van der Waals surface area contributed by atoms with Crippen molar-refractivity contribution in [2.45, 2.75) is 0 Å². The van der Waals surface area contributed by atoms with E-state index < -0.39 is 5.97 Å². The highest BCUT2D eigenvalue weighted by Gasteiger charge is 2.13. The predicted octanol–water partition coefficient (Wildman–Crippen LogP) is -0.0891. The molecule has 13 heavy (non-hydrogen) atoms. The second-order valence-electron chi connectivity index (χ2n) is 2.32. The molecule has 0 aliphatic rings. The Balaban J connectivity index is 2.64. The van der Waals surface area contributed by atoms with Gasteiger partial charge in [0, 0.05) is 12.4 Å². The summed E-state index contributed by atoms with van der Waals surface area (Å²) in [6.07, 6.45) is 4.66. The highest BCUT2D eigenvalue weighted by molar-refractivity contribution is 5.86. The molecule has 0 N–H and O–H groups in total. The summed E-state index contributed by atoms with van der Waals surface area (Å²) < 4.78 is 6.03. The Bertz CT molecular complexity index is 450. The molecular weight excluding hydrogens is 172 g/mol. The summed E-state index contributed by atoms with van der Waals surface area (Å²) >= 11 is 0. The molecule has 6 nitrogen and oxygen atoms in total. The van der Waals surface area contributed by atoms with Gasteiger partial charge in [-0.1, -0.05) is 0 Å². The van der Waals surface area contributed by atoms with Gasteiger partial charge in [-0.2, -0.15) is 0 Å². The summed E-state index contributed by atoms with van der Waals surface area (Å²) in [5.41, 5.74) is 0.517. The normalized spacial score (nSPS) is 10.2. The van der Waals surface area contributed by atoms with Crippen LogP contribution in [0.1, 0.15) is 10.6 Å². The van der Waals surface area contributed by atoms with Crippen LogP contribution in [-0.2, 0) is 4.74 Å². The number of methoxy groups -OCH3 is 1. The standard InChI is InChI=1S/C7H6N4O2/c1-13-7(12)6-10-9-5-4-8-2-3-11(5)6/h2-4H,1H3. The van der Waals surface area contributed by atoms with Crippen molar-refractivity contribution in [1.29, 1.82) is 0 Å². The zero-order chi connectivity index (χ0) is 9.26. The largest absolute Gasteiger partial charge is 0.463 e. The first-order valence-corrected chi connectivity index (χ1v) is 3.56. The number of hydrogen-bond donors (Lipinski definition) is 0. The number of ether oxygens (including phenoxy) is 1. The van der Waals surface area contributed by atoms with Crippen molar-refractivity contribution in [2.24, 2.45) is 0 Å². The van der Waals surface area contributed by atoms with Crippen molar-refractivity contribution in [3.63, 3.8) is 0 Å². The second kappa shape index (κ2) is 2.81. The van der Waals surface area contributed by atoms with E-state index in [1.807, 2.05) is 0 Å². The van der Waals surface area contributed by atoms with Gasteiger partial charge in [0.15, 0.2) is 5.65 Å². The summed E-state index contributed by atoms with van der Waals surface area (Å²) in [6.45, 7) is 0. The number of rotatable bonds is 1. The van der Waals surface area contributed by atoms with Crippen molar-refractivity contribution in [3.8, 4) is 0 Å². The van der Waals surface area contributed by atoms with E-state index in [1.165, 1.54) is 17.7 Å². The van der Waals surface area contributed by atoms with E-state index in [-0.39, 0.29) is 5.82 Å². The van der Waals surface area contributed by atoms with Gasteiger partial charge in [-0.25, -0.2) is 4.79 Å². The van der Waals surface area contributed by atoms with Gasteiger partial charge in [0.05, 0.1) is 13.3 Å². The summed E-state index contributed by atoms with van der Waals surface area (Å²) in [5.74, 6) is -0.362. The van der Waals surface area contributed by atoms with E-state index in [0.717, 1.165) is 0 Å². The Morgan fingerprint density at radius 1 is 1.54 bits per heavy atom. The first-order valence-electron chi connectivity index (χ1n) is 3.56. The molecule has 2 heterocycles. The highest BCUT2D eigenvalue weighted by atomic mass is 16.5. The Morgan fingerprint density at radius 2 is 2.38 bits per heavy atom. The molecule has 2 rings (SSSR count). The molecule has 0 aliphatic carbocycles. The maximum absolute atomic E-state index is 11.1. The topological polar surface area (TPSA) is 69.4 Å². The third kappa shape index (κ3) is 1.12. The molecule has 0 amide bonds. The van der Waals surface area contributed by atoms with Gasteiger partial charge in [0.2, 0.25) is 5.82 Å². The van der Waals surface area contributed by atoms with Crippen LogP contribution in [0.15, 0.2) is 18.6 Å². The second-order valence-corrected chi connectivity index (χ2v) is 2.32. The van der Waals surface area contributed by atoms with Crippen molar-refractivity contribution >= 4 is 11.6 Å². The van der Waals surface area contributed by atoms with E-state index >= 15 is 0 Å². The molecule has 0 saturated heterocycles. The van der Waals surface area contributed by atoms with Crippen LogP contribution in [0.3, 0.4) is 0 Å². The number of esters is 1. The SMILES string of the molecule is COC(=O)c1nnc2cnccn12. The number of carbonyl (C=O) groups is 1. The van der Waals surface area contributed by atoms with E-state index in [2.05, 4.69) is 19.9 Å². The average Bonchev–Trinajstić information content (AvgIpc) is 2.60. The van der Waals surface area contributed by atoms with Crippen molar-refractivity contribution in [1.82, 2.24) is 19.6 Å². The molecule has 0 atom stereocenters. The fraction of sp³-hybridized carbons (Fsp3) is 0.143. The minimum atomic E-state index is -0.515. The fourth-order valence-corrected chi connectivity index (χ4v) is 0.984. The Labute approximate surface area is 73.2 Å². The summed E-state index contributed by atoms with van der Waals surface area (Å²) in [6, 6.07) is 0. The minimum Gasteiger partial charge on any atom is -0.463 e. The molecule has 0 saturated carbocycles. The lowest BCUT2D eigenvalue weighted by Gasteiger charge is -1.95. The molecule has 0 fully saturated rings. The predicted molar refractivity (Wildman–Crippen MR) is 42.1 cm³/mol. The zero-order valence-electron chi connectivity index (χ0n) is 6.84. The molecule has 0 bridgehead atoms. The molecule has 66 valence electrons. The van der Waals surface area contributed by atoms with Crippen molar-refractivity contribution in [2.75, 3.05) is 7.11 Å². The van der Waals surface area contributed by atoms with Crippen LogP contribution in [-0.4, -0.2) is 32.7 Å². The van der Waals surface area contributed by atoms with Crippen LogP contribution in [0.2, 0.25) is 0 Å². The zero-order valence-corrected chi connectivity index (χ0v) is 6.84. The van der Waals surface area contributed by atoms with Gasteiger partial charge in [0.1, 0.15) is 0 Å². The summed E-state index contributed by atoms with van der Waals surface area (Å²) in [4.78, 5) is 15.0. The molecule has 0 radical (unpaired) electrons. The van der Waals surface area contributed by atoms with Gasteiger partial charge in [0.25, 0.3) is 0 Å². The first-order chi connectivity index (χ1) is 6.33. The van der Waals surface area contributed by atoms with Crippen LogP contribution < -0.4 is 0 Å². The van der Waals surface area contributed by atoms with Crippen LogP contribution in [0.5, 0.6) is 0 Å². The monoisotopic (exact) mass is 178 g/mol. The number of hydrogen-bond acceptors (Lipinski definition) is 5. The third-order valence-corrected chi connectivity index (χ3v) is 1.58. The number of carbonyl (C=O) groups excluding carboxylic acids is 1. The lowest BCUT2D eigenvalue weighted by Crippen LogP contribution is -2.06. The Hall–Kier alpha value is -1.98. The maximum Gasteiger partial charge on any atom is 0.376 e. The highest BCUT2D eigenvalue weighted by Crippen LogP contribution is 2.01. The molecule has 0 unspecified atom stereocenters. The Kier molecular flexibility index (Phi) is 1.66. The van der Waals surface area contributed by atoms with Gasteiger partial charge in [-0.3, -0.25) is 9.38 Å². The fourth-order valence-electron chi connectivity index (χ4n) is 0.984. The van der Waals surface area contributed by atoms with Crippen LogP contribution in [0, 0.1) is 0 Å². The third-order valence-electron chi connectivity index (χ3n) is 1.58. The average molecular weight is 178 g/mol.